The second-order valence-electron chi connectivity index (χ2n) is 8.73. The van der Waals surface area contributed by atoms with Gasteiger partial charge in [0.25, 0.3) is 0 Å². The van der Waals surface area contributed by atoms with E-state index in [1.165, 1.54) is 0 Å². The molecule has 0 radical (unpaired) electrons. The maximum Gasteiger partial charge on any atom is 0.237 e. The first-order valence-electron chi connectivity index (χ1n) is 10.2. The number of carbonyl (C=O) groups excluding carboxylic acids is 1. The van der Waals surface area contributed by atoms with Crippen LogP contribution in [0.1, 0.15) is 39.7 Å². The zero-order chi connectivity index (χ0) is 21.4. The Balaban J connectivity index is 1.88. The van der Waals surface area contributed by atoms with Crippen molar-refractivity contribution < 1.29 is 9.53 Å². The summed E-state index contributed by atoms with van der Waals surface area (Å²) in [5.74, 6) is 1.13. The third-order valence-electron chi connectivity index (χ3n) is 4.68. The molecule has 0 aliphatic heterocycles. The molecule has 1 atom stereocenters. The molecule has 2 aromatic rings. The number of hydrogen-bond donors (Lipinski definition) is 2. The van der Waals surface area contributed by atoms with Crippen LogP contribution in [0.25, 0.3) is 0 Å². The molecule has 0 saturated carbocycles. The topological polar surface area (TPSA) is 67.6 Å². The lowest BCUT2D eigenvalue weighted by Gasteiger charge is -2.33. The largest absolute Gasteiger partial charge is 0.489 e. The summed E-state index contributed by atoms with van der Waals surface area (Å²) in [7, 11) is 2.02. The van der Waals surface area contributed by atoms with E-state index >= 15 is 0 Å². The van der Waals surface area contributed by atoms with Crippen molar-refractivity contribution in [2.24, 2.45) is 11.7 Å². The number of nitrogens with zero attached hydrogens (tertiary/aromatic N) is 1. The SMILES string of the molecule is CC(C)CC(N)C(=O)NC(C)(C)CN(C)c1ccc(OCc2ccccc2)cc1. The van der Waals surface area contributed by atoms with Crippen molar-refractivity contribution in [1.29, 1.82) is 0 Å². The predicted octanol–water partition coefficient (Wildman–Crippen LogP) is 3.97. The first-order valence-corrected chi connectivity index (χ1v) is 10.2. The Hall–Kier alpha value is -2.53. The van der Waals surface area contributed by atoms with Crippen LogP contribution in [0, 0.1) is 5.92 Å². The van der Waals surface area contributed by atoms with Gasteiger partial charge in [0, 0.05) is 19.3 Å². The van der Waals surface area contributed by atoms with Crippen LogP contribution in [0.2, 0.25) is 0 Å². The molecule has 2 rings (SSSR count). The molecule has 2 aromatic carbocycles. The average molecular weight is 398 g/mol. The van der Waals surface area contributed by atoms with Crippen molar-refractivity contribution in [3.8, 4) is 5.75 Å². The van der Waals surface area contributed by atoms with E-state index < -0.39 is 11.6 Å². The van der Waals surface area contributed by atoms with Crippen LogP contribution >= 0.6 is 0 Å². The van der Waals surface area contributed by atoms with Gasteiger partial charge in [-0.15, -0.1) is 0 Å². The number of hydrogen-bond acceptors (Lipinski definition) is 4. The number of nitrogens with one attached hydrogen (secondary N) is 1. The fourth-order valence-corrected chi connectivity index (χ4v) is 3.30. The fraction of sp³-hybridized carbons (Fsp3) is 0.458. The Morgan fingerprint density at radius 2 is 1.72 bits per heavy atom. The lowest BCUT2D eigenvalue weighted by Crippen LogP contribution is -2.55. The van der Waals surface area contributed by atoms with Crippen LogP contribution < -0.4 is 20.7 Å². The molecule has 158 valence electrons. The molecule has 0 aliphatic carbocycles. The van der Waals surface area contributed by atoms with Gasteiger partial charge in [-0.05, 0) is 56.0 Å². The van der Waals surface area contributed by atoms with E-state index in [1.807, 2.05) is 75.5 Å². The van der Waals surface area contributed by atoms with E-state index in [2.05, 4.69) is 24.1 Å². The Kier molecular flexibility index (Phi) is 8.09. The molecule has 1 amide bonds. The zero-order valence-corrected chi connectivity index (χ0v) is 18.3. The van der Waals surface area contributed by atoms with Gasteiger partial charge in [0.1, 0.15) is 12.4 Å². The van der Waals surface area contributed by atoms with Gasteiger partial charge in [0.2, 0.25) is 5.91 Å². The highest BCUT2D eigenvalue weighted by Crippen LogP contribution is 2.21. The first kappa shape index (κ1) is 22.8. The normalized spacial score (nSPS) is 12.5. The quantitative estimate of drug-likeness (QED) is 0.637. The number of amides is 1. The standard InChI is InChI=1S/C24H35N3O2/c1-18(2)15-22(25)23(28)26-24(3,4)17-27(5)20-11-13-21(14-12-20)29-16-19-9-7-6-8-10-19/h6-14,18,22H,15-17,25H2,1-5H3,(H,26,28). The van der Waals surface area contributed by atoms with Gasteiger partial charge in [-0.3, -0.25) is 4.79 Å². The first-order chi connectivity index (χ1) is 13.7. The molecule has 0 bridgehead atoms. The van der Waals surface area contributed by atoms with Crippen LogP contribution in [-0.2, 0) is 11.4 Å². The number of likely N-dealkylation sites (N-methyl/N-ethyl adjacent to an activating group) is 1. The van der Waals surface area contributed by atoms with Crippen LogP contribution in [0.5, 0.6) is 5.75 Å². The summed E-state index contributed by atoms with van der Waals surface area (Å²) in [6.45, 7) is 9.38. The van der Waals surface area contributed by atoms with Crippen molar-refractivity contribution in [3.05, 3.63) is 60.2 Å². The summed E-state index contributed by atoms with van der Waals surface area (Å²) in [5, 5.41) is 3.08. The molecule has 0 fully saturated rings. The van der Waals surface area contributed by atoms with Gasteiger partial charge in [-0.2, -0.15) is 0 Å². The molecule has 0 aromatic heterocycles. The van der Waals surface area contributed by atoms with Gasteiger partial charge < -0.3 is 20.7 Å². The van der Waals surface area contributed by atoms with Gasteiger partial charge in [0.05, 0.1) is 11.6 Å². The molecule has 0 spiro atoms. The fourth-order valence-electron chi connectivity index (χ4n) is 3.30. The molecule has 3 N–H and O–H groups in total. The number of carbonyl (C=O) groups is 1. The number of anilines is 1. The summed E-state index contributed by atoms with van der Waals surface area (Å²) < 4.78 is 5.85. The van der Waals surface area contributed by atoms with Gasteiger partial charge >= 0.3 is 0 Å². The minimum absolute atomic E-state index is 0.0956. The highest BCUT2D eigenvalue weighted by Gasteiger charge is 2.25. The molecule has 29 heavy (non-hydrogen) atoms. The predicted molar refractivity (Wildman–Crippen MR) is 120 cm³/mol. The molecule has 1 unspecified atom stereocenters. The number of benzene rings is 2. The van der Waals surface area contributed by atoms with Crippen molar-refractivity contribution in [2.75, 3.05) is 18.5 Å². The van der Waals surface area contributed by atoms with Crippen molar-refractivity contribution in [1.82, 2.24) is 5.32 Å². The van der Waals surface area contributed by atoms with Crippen LogP contribution in [0.15, 0.2) is 54.6 Å². The second kappa shape index (κ2) is 10.3. The lowest BCUT2D eigenvalue weighted by molar-refractivity contribution is -0.124. The second-order valence-corrected chi connectivity index (χ2v) is 8.73. The molecule has 0 saturated heterocycles. The van der Waals surface area contributed by atoms with E-state index in [4.69, 9.17) is 10.5 Å². The number of nitrogens with two attached hydrogens (primary N) is 1. The molecular formula is C24H35N3O2. The van der Waals surface area contributed by atoms with Crippen LogP contribution in [-0.4, -0.2) is 31.1 Å². The summed E-state index contributed by atoms with van der Waals surface area (Å²) >= 11 is 0. The van der Waals surface area contributed by atoms with Gasteiger partial charge in [-0.1, -0.05) is 44.2 Å². The molecule has 0 aliphatic rings. The van der Waals surface area contributed by atoms with E-state index in [1.54, 1.807) is 0 Å². The van der Waals surface area contributed by atoms with Gasteiger partial charge in [-0.25, -0.2) is 0 Å². The van der Waals surface area contributed by atoms with Crippen LogP contribution in [0.4, 0.5) is 5.69 Å². The molecule has 0 heterocycles. The summed E-state index contributed by atoms with van der Waals surface area (Å²) in [4.78, 5) is 14.5. The summed E-state index contributed by atoms with van der Waals surface area (Å²) in [5.41, 5.74) is 7.82. The lowest BCUT2D eigenvalue weighted by atomic mass is 10.0. The van der Waals surface area contributed by atoms with Crippen LogP contribution in [0.3, 0.4) is 0 Å². The van der Waals surface area contributed by atoms with Crippen molar-refractivity contribution in [2.45, 2.75) is 52.3 Å². The van der Waals surface area contributed by atoms with Crippen molar-refractivity contribution in [3.63, 3.8) is 0 Å². The Morgan fingerprint density at radius 3 is 2.31 bits per heavy atom. The molecule has 5 heteroatoms. The highest BCUT2D eigenvalue weighted by molar-refractivity contribution is 5.82. The summed E-state index contributed by atoms with van der Waals surface area (Å²) in [6, 6.07) is 17.6. The highest BCUT2D eigenvalue weighted by atomic mass is 16.5. The Labute approximate surface area is 175 Å². The maximum absolute atomic E-state index is 12.4. The smallest absolute Gasteiger partial charge is 0.237 e. The Morgan fingerprint density at radius 1 is 1.10 bits per heavy atom. The molecule has 5 nitrogen and oxygen atoms in total. The summed E-state index contributed by atoms with van der Waals surface area (Å²) in [6.07, 6.45) is 0.683. The minimum atomic E-state index is -0.472. The van der Waals surface area contributed by atoms with E-state index in [0.29, 0.717) is 25.5 Å². The van der Waals surface area contributed by atoms with Crippen molar-refractivity contribution >= 4 is 11.6 Å². The van der Waals surface area contributed by atoms with Gasteiger partial charge in [0.15, 0.2) is 0 Å². The zero-order valence-electron chi connectivity index (χ0n) is 18.3. The maximum atomic E-state index is 12.4. The number of ether oxygens (including phenoxy) is 1. The third kappa shape index (κ3) is 7.78. The van der Waals surface area contributed by atoms with E-state index in [9.17, 15) is 4.79 Å². The monoisotopic (exact) mass is 397 g/mol. The minimum Gasteiger partial charge on any atom is -0.489 e. The third-order valence-corrected chi connectivity index (χ3v) is 4.68. The molecular weight excluding hydrogens is 362 g/mol. The van der Waals surface area contributed by atoms with E-state index in [0.717, 1.165) is 17.0 Å². The number of rotatable bonds is 10. The van der Waals surface area contributed by atoms with E-state index in [-0.39, 0.29) is 5.91 Å². The average Bonchev–Trinajstić information content (AvgIpc) is 2.66. The Bertz CT molecular complexity index is 757.